The monoisotopic (exact) mass is 347 g/mol. The van der Waals surface area contributed by atoms with Crippen molar-refractivity contribution >= 4 is 12.2 Å². The number of aromatic nitrogens is 4. The van der Waals surface area contributed by atoms with E-state index in [0.717, 1.165) is 48.6 Å². The van der Waals surface area contributed by atoms with Crippen molar-refractivity contribution in [2.45, 2.75) is 46.0 Å². The van der Waals surface area contributed by atoms with Crippen LogP contribution in [0.1, 0.15) is 26.7 Å². The molecule has 0 saturated carbocycles. The molecule has 0 radical (unpaired) electrons. The van der Waals surface area contributed by atoms with Crippen LogP contribution in [-0.2, 0) is 13.2 Å². The van der Waals surface area contributed by atoms with Gasteiger partial charge < -0.3 is 9.67 Å². The first-order valence-corrected chi connectivity index (χ1v) is 8.99. The molecule has 1 N–H and O–H groups in total. The third-order valence-corrected chi connectivity index (χ3v) is 5.26. The fourth-order valence-corrected chi connectivity index (χ4v) is 3.61. The molecule has 0 aliphatic carbocycles. The maximum Gasteiger partial charge on any atom is 0.199 e. The molecule has 0 unspecified atom stereocenters. The van der Waals surface area contributed by atoms with E-state index in [9.17, 15) is 5.11 Å². The molecular formula is C17H25N5OS. The van der Waals surface area contributed by atoms with Gasteiger partial charge in [0.15, 0.2) is 10.6 Å². The van der Waals surface area contributed by atoms with Crippen LogP contribution in [0.15, 0.2) is 24.5 Å². The van der Waals surface area contributed by atoms with Gasteiger partial charge in [0.05, 0.1) is 12.8 Å². The van der Waals surface area contributed by atoms with Gasteiger partial charge in [-0.1, -0.05) is 0 Å². The molecule has 1 aliphatic rings. The van der Waals surface area contributed by atoms with Gasteiger partial charge in [0, 0.05) is 37.6 Å². The summed E-state index contributed by atoms with van der Waals surface area (Å²) in [5, 5.41) is 14.5. The minimum Gasteiger partial charge on any atom is -0.393 e. The second-order valence-electron chi connectivity index (χ2n) is 6.42. The predicted octanol–water partition coefficient (Wildman–Crippen LogP) is 2.55. The summed E-state index contributed by atoms with van der Waals surface area (Å²) in [6.07, 6.45) is 5.39. The summed E-state index contributed by atoms with van der Waals surface area (Å²) in [5.41, 5.74) is 1.03. The number of nitrogens with zero attached hydrogens (tertiary/aromatic N) is 5. The van der Waals surface area contributed by atoms with Crippen molar-refractivity contribution < 1.29 is 5.11 Å². The predicted molar refractivity (Wildman–Crippen MR) is 95.9 cm³/mol. The quantitative estimate of drug-likeness (QED) is 0.843. The zero-order valence-electron chi connectivity index (χ0n) is 14.3. The number of aliphatic hydroxyl groups is 1. The lowest BCUT2D eigenvalue weighted by atomic mass is 9.92. The first-order chi connectivity index (χ1) is 11.6. The second-order valence-corrected chi connectivity index (χ2v) is 6.79. The average Bonchev–Trinajstić information content (AvgIpc) is 2.92. The molecule has 6 nitrogen and oxygen atoms in total. The van der Waals surface area contributed by atoms with E-state index in [4.69, 9.17) is 17.3 Å². The summed E-state index contributed by atoms with van der Waals surface area (Å²) in [7, 11) is 0. The molecular weight excluding hydrogens is 322 g/mol. The Kier molecular flexibility index (Phi) is 5.43. The van der Waals surface area contributed by atoms with Crippen LogP contribution in [0, 0.1) is 10.7 Å². The highest BCUT2D eigenvalue weighted by atomic mass is 32.1. The molecule has 0 aromatic carbocycles. The number of hydrogen-bond acceptors (Lipinski definition) is 5. The lowest BCUT2D eigenvalue weighted by Crippen LogP contribution is -2.38. The summed E-state index contributed by atoms with van der Waals surface area (Å²) in [4.78, 5) is 6.43. The lowest BCUT2D eigenvalue weighted by Gasteiger charge is -2.32. The van der Waals surface area contributed by atoms with E-state index >= 15 is 0 Å². The fraction of sp³-hybridized carbons (Fsp3) is 0.588. The van der Waals surface area contributed by atoms with Crippen LogP contribution in [0.4, 0.5) is 0 Å². The van der Waals surface area contributed by atoms with Crippen molar-refractivity contribution in [3.05, 3.63) is 29.3 Å². The Bertz CT molecular complexity index is 716. The Morgan fingerprint density at radius 2 is 1.96 bits per heavy atom. The fourth-order valence-electron chi connectivity index (χ4n) is 3.30. The molecule has 1 aliphatic heterocycles. The van der Waals surface area contributed by atoms with Gasteiger partial charge in [0.1, 0.15) is 0 Å². The van der Waals surface area contributed by atoms with E-state index in [0.29, 0.717) is 12.6 Å². The largest absolute Gasteiger partial charge is 0.393 e. The number of piperidine rings is 1. The van der Waals surface area contributed by atoms with Crippen LogP contribution >= 0.6 is 12.2 Å². The molecule has 1 atom stereocenters. The number of likely N-dealkylation sites (tertiary alicyclic amines) is 1. The number of hydrogen-bond donors (Lipinski definition) is 1. The van der Waals surface area contributed by atoms with Crippen LogP contribution in [0.2, 0.25) is 0 Å². The van der Waals surface area contributed by atoms with Crippen LogP contribution in [-0.4, -0.2) is 48.5 Å². The van der Waals surface area contributed by atoms with E-state index in [2.05, 4.69) is 21.4 Å². The Morgan fingerprint density at radius 1 is 1.29 bits per heavy atom. The first-order valence-electron chi connectivity index (χ1n) is 8.58. The zero-order chi connectivity index (χ0) is 17.1. The van der Waals surface area contributed by atoms with E-state index in [-0.39, 0.29) is 6.10 Å². The topological polar surface area (TPSA) is 59.1 Å². The summed E-state index contributed by atoms with van der Waals surface area (Å²) in [5.74, 6) is 1.30. The van der Waals surface area contributed by atoms with Crippen LogP contribution in [0.3, 0.4) is 0 Å². The maximum atomic E-state index is 9.73. The van der Waals surface area contributed by atoms with Crippen molar-refractivity contribution in [3.63, 3.8) is 0 Å². The zero-order valence-corrected chi connectivity index (χ0v) is 15.1. The molecule has 1 saturated heterocycles. The minimum atomic E-state index is -0.216. The van der Waals surface area contributed by atoms with Crippen molar-refractivity contribution in [1.82, 2.24) is 24.2 Å². The van der Waals surface area contributed by atoms with Crippen molar-refractivity contribution in [1.29, 1.82) is 0 Å². The van der Waals surface area contributed by atoms with Gasteiger partial charge in [-0.2, -0.15) is 5.10 Å². The van der Waals surface area contributed by atoms with Gasteiger partial charge in [-0.25, -0.2) is 4.68 Å². The second kappa shape index (κ2) is 7.55. The van der Waals surface area contributed by atoms with Gasteiger partial charge in [0.25, 0.3) is 0 Å². The third kappa shape index (κ3) is 3.58. The van der Waals surface area contributed by atoms with E-state index < -0.39 is 0 Å². The smallest absolute Gasteiger partial charge is 0.199 e. The van der Waals surface area contributed by atoms with Gasteiger partial charge in [-0.15, -0.1) is 0 Å². The lowest BCUT2D eigenvalue weighted by molar-refractivity contribution is 0.0591. The molecule has 7 heteroatoms. The standard InChI is InChI=1S/C17H25N5OS/c1-3-21-16(15-4-8-18-9-5-15)19-22(17(21)24)12-20-10-6-14(7-11-20)13(2)23/h4-5,8-9,13-14,23H,3,6-7,10-12H2,1-2H3/t13-/m1/s1. The van der Waals surface area contributed by atoms with Gasteiger partial charge >= 0.3 is 0 Å². The van der Waals surface area contributed by atoms with Crippen molar-refractivity contribution in [3.8, 4) is 11.4 Å². The highest BCUT2D eigenvalue weighted by Crippen LogP contribution is 2.22. The molecule has 0 bridgehead atoms. The summed E-state index contributed by atoms with van der Waals surface area (Å²) in [6, 6.07) is 3.92. The van der Waals surface area contributed by atoms with Crippen LogP contribution in [0.25, 0.3) is 11.4 Å². The molecule has 130 valence electrons. The normalized spacial score (nSPS) is 18.0. The highest BCUT2D eigenvalue weighted by Gasteiger charge is 2.23. The van der Waals surface area contributed by atoms with Gasteiger partial charge in [0.2, 0.25) is 0 Å². The Labute approximate surface area is 147 Å². The summed E-state index contributed by atoms with van der Waals surface area (Å²) < 4.78 is 4.73. The molecule has 3 rings (SSSR count). The third-order valence-electron chi connectivity index (χ3n) is 4.83. The molecule has 2 aromatic rings. The number of aliphatic hydroxyl groups excluding tert-OH is 1. The number of rotatable bonds is 5. The Balaban J connectivity index is 1.78. The molecule has 1 fully saturated rings. The Morgan fingerprint density at radius 3 is 2.54 bits per heavy atom. The first kappa shape index (κ1) is 17.3. The molecule has 0 amide bonds. The van der Waals surface area contributed by atoms with E-state index in [1.807, 2.05) is 23.7 Å². The maximum absolute atomic E-state index is 9.73. The van der Waals surface area contributed by atoms with Crippen molar-refractivity contribution in [2.24, 2.45) is 5.92 Å². The number of pyridine rings is 1. The average molecular weight is 347 g/mol. The van der Waals surface area contributed by atoms with E-state index in [1.165, 1.54) is 0 Å². The molecule has 3 heterocycles. The highest BCUT2D eigenvalue weighted by molar-refractivity contribution is 7.71. The van der Waals surface area contributed by atoms with Crippen LogP contribution < -0.4 is 0 Å². The molecule has 2 aromatic heterocycles. The van der Waals surface area contributed by atoms with Gasteiger partial charge in [-0.3, -0.25) is 9.88 Å². The minimum absolute atomic E-state index is 0.216. The Hall–Kier alpha value is -1.57. The van der Waals surface area contributed by atoms with E-state index in [1.54, 1.807) is 12.4 Å². The molecule has 0 spiro atoms. The van der Waals surface area contributed by atoms with Crippen molar-refractivity contribution in [2.75, 3.05) is 13.1 Å². The van der Waals surface area contributed by atoms with Crippen LogP contribution in [0.5, 0.6) is 0 Å². The van der Waals surface area contributed by atoms with Gasteiger partial charge in [-0.05, 0) is 57.0 Å². The summed E-state index contributed by atoms with van der Waals surface area (Å²) >= 11 is 5.63. The molecule has 24 heavy (non-hydrogen) atoms. The summed E-state index contributed by atoms with van der Waals surface area (Å²) in [6.45, 7) is 7.42. The SMILES string of the molecule is CCn1c(-c2ccncc2)nn(CN2CCC([C@@H](C)O)CC2)c1=S.